The Morgan fingerprint density at radius 3 is 2.42 bits per heavy atom. The predicted molar refractivity (Wildman–Crippen MR) is 99.6 cm³/mol. The Bertz CT molecular complexity index is 884. The molecule has 9 heteroatoms. The molecule has 0 unspecified atom stereocenters. The molecule has 0 saturated carbocycles. The normalized spacial score (nSPS) is 11.4. The van der Waals surface area contributed by atoms with Gasteiger partial charge in [0.1, 0.15) is 16.5 Å². The number of ether oxygens (including phenoxy) is 1. The Balaban J connectivity index is 2.11. The van der Waals surface area contributed by atoms with Crippen molar-refractivity contribution < 1.29 is 22.3 Å². The summed E-state index contributed by atoms with van der Waals surface area (Å²) in [4.78, 5) is 12.8. The Labute approximate surface area is 156 Å². The number of carbonyl (C=O) groups is 1. The Kier molecular flexibility index (Phi) is 6.63. The van der Waals surface area contributed by atoms with Crippen molar-refractivity contribution in [2.24, 2.45) is 0 Å². The molecular formula is C17H19FN2O4S2. The number of sulfonamides is 1. The van der Waals surface area contributed by atoms with Gasteiger partial charge in [-0.25, -0.2) is 17.1 Å². The van der Waals surface area contributed by atoms with Crippen molar-refractivity contribution in [1.82, 2.24) is 4.31 Å². The van der Waals surface area contributed by atoms with E-state index in [1.807, 2.05) is 0 Å². The van der Waals surface area contributed by atoms with Gasteiger partial charge in [0.25, 0.3) is 0 Å². The third-order valence-corrected chi connectivity index (χ3v) is 6.24. The van der Waals surface area contributed by atoms with Crippen molar-refractivity contribution >= 4 is 33.4 Å². The molecule has 0 saturated heterocycles. The number of methoxy groups -OCH3 is 1. The first-order chi connectivity index (χ1) is 12.2. The van der Waals surface area contributed by atoms with Crippen molar-refractivity contribution in [1.29, 1.82) is 0 Å². The number of nitrogens with zero attached hydrogens (tertiary/aromatic N) is 1. The van der Waals surface area contributed by atoms with Crippen molar-refractivity contribution in [3.8, 4) is 5.75 Å². The minimum Gasteiger partial charge on any atom is -0.495 e. The van der Waals surface area contributed by atoms with Crippen LogP contribution < -0.4 is 10.1 Å². The number of amides is 1. The highest BCUT2D eigenvalue weighted by Gasteiger charge is 2.23. The van der Waals surface area contributed by atoms with Crippen LogP contribution >= 0.6 is 11.8 Å². The lowest BCUT2D eigenvalue weighted by Crippen LogP contribution is -2.23. The lowest BCUT2D eigenvalue weighted by molar-refractivity contribution is -0.113. The second kappa shape index (κ2) is 8.52. The molecule has 26 heavy (non-hydrogen) atoms. The number of hydrogen-bond acceptors (Lipinski definition) is 5. The summed E-state index contributed by atoms with van der Waals surface area (Å²) in [5.74, 6) is -0.352. The van der Waals surface area contributed by atoms with E-state index in [9.17, 15) is 17.6 Å². The first-order valence-corrected chi connectivity index (χ1v) is 9.95. The third kappa shape index (κ3) is 4.96. The molecule has 6 nitrogen and oxygen atoms in total. The van der Waals surface area contributed by atoms with Gasteiger partial charge >= 0.3 is 0 Å². The van der Waals surface area contributed by atoms with Crippen molar-refractivity contribution in [2.75, 3.05) is 32.3 Å². The molecular weight excluding hydrogens is 379 g/mol. The molecule has 0 bridgehead atoms. The highest BCUT2D eigenvalue weighted by molar-refractivity contribution is 8.00. The maximum absolute atomic E-state index is 12.9. The smallest absolute Gasteiger partial charge is 0.246 e. The largest absolute Gasteiger partial charge is 0.495 e. The number of anilines is 1. The minimum atomic E-state index is -3.72. The van der Waals surface area contributed by atoms with Gasteiger partial charge in [-0.05, 0) is 42.5 Å². The summed E-state index contributed by atoms with van der Waals surface area (Å²) in [5, 5.41) is 2.65. The van der Waals surface area contributed by atoms with E-state index >= 15 is 0 Å². The molecule has 0 aliphatic carbocycles. The summed E-state index contributed by atoms with van der Waals surface area (Å²) in [7, 11) is 0.488. The monoisotopic (exact) mass is 398 g/mol. The van der Waals surface area contributed by atoms with E-state index < -0.39 is 10.0 Å². The molecule has 140 valence electrons. The number of carbonyl (C=O) groups excluding carboxylic acids is 1. The average Bonchev–Trinajstić information content (AvgIpc) is 2.61. The fraction of sp³-hybridized carbons (Fsp3) is 0.235. The van der Waals surface area contributed by atoms with E-state index in [-0.39, 0.29) is 28.1 Å². The zero-order valence-electron chi connectivity index (χ0n) is 14.5. The molecule has 2 aromatic carbocycles. The molecule has 1 N–H and O–H groups in total. The summed E-state index contributed by atoms with van der Waals surface area (Å²) in [6, 6.07) is 10.2. The molecule has 0 spiro atoms. The van der Waals surface area contributed by atoms with E-state index in [0.717, 1.165) is 9.20 Å². The number of halogens is 1. The van der Waals surface area contributed by atoms with Gasteiger partial charge in [0.15, 0.2) is 0 Å². The zero-order chi connectivity index (χ0) is 19.3. The van der Waals surface area contributed by atoms with Gasteiger partial charge in [0.05, 0.1) is 12.9 Å². The van der Waals surface area contributed by atoms with Crippen molar-refractivity contribution in [3.63, 3.8) is 0 Å². The molecule has 0 aromatic heterocycles. The Morgan fingerprint density at radius 1 is 1.19 bits per heavy atom. The van der Waals surface area contributed by atoms with Crippen LogP contribution in [0.25, 0.3) is 0 Å². The first-order valence-electron chi connectivity index (χ1n) is 7.53. The summed E-state index contributed by atoms with van der Waals surface area (Å²) in [5.41, 5.74) is 0.343. The van der Waals surface area contributed by atoms with E-state index in [2.05, 4.69) is 5.32 Å². The minimum absolute atomic E-state index is 0.0333. The number of benzene rings is 2. The van der Waals surface area contributed by atoms with Gasteiger partial charge < -0.3 is 10.1 Å². The van der Waals surface area contributed by atoms with Crippen molar-refractivity contribution in [3.05, 3.63) is 48.3 Å². The summed E-state index contributed by atoms with van der Waals surface area (Å²) >= 11 is 1.25. The fourth-order valence-corrected chi connectivity index (χ4v) is 3.80. The van der Waals surface area contributed by atoms with Crippen LogP contribution in [0.1, 0.15) is 0 Å². The second-order valence-electron chi connectivity index (χ2n) is 5.44. The molecule has 0 atom stereocenters. The van der Waals surface area contributed by atoms with Crippen LogP contribution in [0.5, 0.6) is 5.75 Å². The highest BCUT2D eigenvalue weighted by atomic mass is 32.2. The number of hydrogen-bond donors (Lipinski definition) is 1. The summed E-state index contributed by atoms with van der Waals surface area (Å²) in [6.45, 7) is 0. The van der Waals surface area contributed by atoms with Gasteiger partial charge in [0, 0.05) is 24.7 Å². The molecule has 0 aliphatic rings. The van der Waals surface area contributed by atoms with Crippen LogP contribution in [0.15, 0.2) is 52.3 Å². The molecule has 2 rings (SSSR count). The SMILES string of the molecule is COc1ccc(NC(=O)CSc2ccc(F)cc2)cc1S(=O)(=O)N(C)C. The third-order valence-electron chi connectivity index (χ3n) is 3.39. The lowest BCUT2D eigenvalue weighted by Gasteiger charge is -2.16. The predicted octanol–water partition coefficient (Wildman–Crippen LogP) is 2.82. The second-order valence-corrected chi connectivity index (χ2v) is 8.61. The van der Waals surface area contributed by atoms with Gasteiger partial charge in [-0.2, -0.15) is 0 Å². The van der Waals surface area contributed by atoms with Crippen LogP contribution in [0, 0.1) is 5.82 Å². The van der Waals surface area contributed by atoms with Crippen molar-refractivity contribution in [2.45, 2.75) is 9.79 Å². The average molecular weight is 398 g/mol. The maximum Gasteiger partial charge on any atom is 0.246 e. The highest BCUT2D eigenvalue weighted by Crippen LogP contribution is 2.29. The number of nitrogens with one attached hydrogen (secondary N) is 1. The van der Waals surface area contributed by atoms with Gasteiger partial charge in [-0.15, -0.1) is 11.8 Å². The number of thioether (sulfide) groups is 1. The molecule has 0 aliphatic heterocycles. The Hall–Kier alpha value is -2.10. The molecule has 0 heterocycles. The van der Waals surface area contributed by atoms with Crippen LogP contribution in [0.2, 0.25) is 0 Å². The lowest BCUT2D eigenvalue weighted by atomic mass is 10.3. The fourth-order valence-electron chi connectivity index (χ4n) is 2.03. The van der Waals surface area contributed by atoms with Crippen LogP contribution in [-0.2, 0) is 14.8 Å². The number of rotatable bonds is 7. The van der Waals surface area contributed by atoms with E-state index in [1.165, 1.54) is 57.2 Å². The molecule has 0 fully saturated rings. The summed E-state index contributed by atoms with van der Waals surface area (Å²) < 4.78 is 43.8. The van der Waals surface area contributed by atoms with Crippen LogP contribution in [0.4, 0.5) is 10.1 Å². The first kappa shape index (κ1) is 20.2. The van der Waals surface area contributed by atoms with Crippen LogP contribution in [0.3, 0.4) is 0 Å². The van der Waals surface area contributed by atoms with Gasteiger partial charge in [0.2, 0.25) is 15.9 Å². The topological polar surface area (TPSA) is 75.7 Å². The Morgan fingerprint density at radius 2 is 1.85 bits per heavy atom. The molecule has 0 radical (unpaired) electrons. The van der Waals surface area contributed by atoms with E-state index in [4.69, 9.17) is 4.74 Å². The maximum atomic E-state index is 12.9. The quantitative estimate of drug-likeness (QED) is 0.726. The van der Waals surface area contributed by atoms with E-state index in [0.29, 0.717) is 5.69 Å². The van der Waals surface area contributed by atoms with E-state index in [1.54, 1.807) is 18.2 Å². The summed E-state index contributed by atoms with van der Waals surface area (Å²) in [6.07, 6.45) is 0. The standard InChI is InChI=1S/C17H19FN2O4S2/c1-20(2)26(22,23)16-10-13(6-9-15(16)24-3)19-17(21)11-25-14-7-4-12(18)5-8-14/h4-10H,11H2,1-3H3,(H,19,21). The molecule has 2 aromatic rings. The van der Waals surface area contributed by atoms with Crippen LogP contribution in [-0.4, -0.2) is 45.6 Å². The zero-order valence-corrected chi connectivity index (χ0v) is 16.2. The van der Waals surface area contributed by atoms with Gasteiger partial charge in [-0.3, -0.25) is 4.79 Å². The molecule has 1 amide bonds. The van der Waals surface area contributed by atoms with Gasteiger partial charge in [-0.1, -0.05) is 0 Å².